The quantitative estimate of drug-likeness (QED) is 0.750. The minimum absolute atomic E-state index is 0.0788. The summed E-state index contributed by atoms with van der Waals surface area (Å²) in [5, 5.41) is 12.0. The summed E-state index contributed by atoms with van der Waals surface area (Å²) in [6, 6.07) is 3.11. The van der Waals surface area contributed by atoms with Gasteiger partial charge < -0.3 is 10.4 Å². The summed E-state index contributed by atoms with van der Waals surface area (Å²) in [5.74, 6) is 0.354. The molecule has 94 valence electrons. The standard InChI is InChI=1S/C11H15NO3S2/c1-2-3-6-16-7-9(13)12-10-5-4-8(17-10)11(14)15/h4-5H,2-3,6-7H2,1H3,(H,12,13)(H,14,15). The molecule has 0 saturated carbocycles. The van der Waals surface area contributed by atoms with Crippen molar-refractivity contribution in [2.75, 3.05) is 16.8 Å². The van der Waals surface area contributed by atoms with Gasteiger partial charge in [-0.1, -0.05) is 13.3 Å². The van der Waals surface area contributed by atoms with Crippen LogP contribution >= 0.6 is 23.1 Å². The zero-order chi connectivity index (χ0) is 12.7. The molecule has 1 aromatic heterocycles. The van der Waals surface area contributed by atoms with E-state index in [4.69, 9.17) is 5.11 Å². The van der Waals surface area contributed by atoms with E-state index < -0.39 is 5.97 Å². The minimum atomic E-state index is -0.965. The van der Waals surface area contributed by atoms with Crippen molar-refractivity contribution >= 4 is 40.0 Å². The van der Waals surface area contributed by atoms with Crippen molar-refractivity contribution < 1.29 is 14.7 Å². The molecular formula is C11H15NO3S2. The van der Waals surface area contributed by atoms with Crippen LogP contribution in [0.1, 0.15) is 29.4 Å². The number of aromatic carboxylic acids is 1. The molecule has 0 aromatic carbocycles. The van der Waals surface area contributed by atoms with E-state index in [0.29, 0.717) is 10.8 Å². The first-order valence-corrected chi connectivity index (χ1v) is 7.31. The largest absolute Gasteiger partial charge is 0.477 e. The molecule has 4 nitrogen and oxygen atoms in total. The van der Waals surface area contributed by atoms with Gasteiger partial charge in [0.05, 0.1) is 10.8 Å². The van der Waals surface area contributed by atoms with Crippen LogP contribution in [0.3, 0.4) is 0 Å². The maximum absolute atomic E-state index is 11.5. The average molecular weight is 273 g/mol. The lowest BCUT2D eigenvalue weighted by molar-refractivity contribution is -0.113. The number of hydrogen-bond donors (Lipinski definition) is 2. The minimum Gasteiger partial charge on any atom is -0.477 e. The van der Waals surface area contributed by atoms with Crippen molar-refractivity contribution in [3.05, 3.63) is 17.0 Å². The van der Waals surface area contributed by atoms with Gasteiger partial charge >= 0.3 is 5.97 Å². The first-order valence-electron chi connectivity index (χ1n) is 5.34. The van der Waals surface area contributed by atoms with Gasteiger partial charge in [0.2, 0.25) is 5.91 Å². The van der Waals surface area contributed by atoms with Crippen LogP contribution in [-0.2, 0) is 4.79 Å². The highest BCUT2D eigenvalue weighted by atomic mass is 32.2. The number of amides is 1. The summed E-state index contributed by atoms with van der Waals surface area (Å²) in [6.07, 6.45) is 2.24. The van der Waals surface area contributed by atoms with E-state index >= 15 is 0 Å². The van der Waals surface area contributed by atoms with Gasteiger partial charge in [-0.15, -0.1) is 11.3 Å². The van der Waals surface area contributed by atoms with Gasteiger partial charge in [0.1, 0.15) is 4.88 Å². The van der Waals surface area contributed by atoms with E-state index in [0.717, 1.165) is 29.9 Å². The second kappa shape index (κ2) is 7.34. The molecule has 1 rings (SSSR count). The van der Waals surface area contributed by atoms with E-state index in [9.17, 15) is 9.59 Å². The third-order valence-corrected chi connectivity index (χ3v) is 3.99. The first kappa shape index (κ1) is 14.1. The third-order valence-electron chi connectivity index (χ3n) is 1.95. The van der Waals surface area contributed by atoms with E-state index in [1.54, 1.807) is 17.8 Å². The summed E-state index contributed by atoms with van der Waals surface area (Å²) in [4.78, 5) is 22.4. The highest BCUT2D eigenvalue weighted by Gasteiger charge is 2.09. The van der Waals surface area contributed by atoms with Crippen LogP contribution in [0, 0.1) is 0 Å². The van der Waals surface area contributed by atoms with Crippen molar-refractivity contribution in [1.29, 1.82) is 0 Å². The number of carbonyl (C=O) groups is 2. The van der Waals surface area contributed by atoms with E-state index in [-0.39, 0.29) is 10.8 Å². The number of carboxylic acids is 1. The van der Waals surface area contributed by atoms with Gasteiger partial charge in [0, 0.05) is 0 Å². The van der Waals surface area contributed by atoms with Crippen LogP contribution in [0.15, 0.2) is 12.1 Å². The van der Waals surface area contributed by atoms with E-state index in [1.807, 2.05) is 0 Å². The molecule has 6 heteroatoms. The van der Waals surface area contributed by atoms with Gasteiger partial charge in [-0.2, -0.15) is 11.8 Å². The molecule has 0 aliphatic rings. The van der Waals surface area contributed by atoms with E-state index in [2.05, 4.69) is 12.2 Å². The number of thiophene rings is 1. The molecule has 1 heterocycles. The normalized spacial score (nSPS) is 10.2. The molecule has 0 bridgehead atoms. The number of thioether (sulfide) groups is 1. The van der Waals surface area contributed by atoms with Crippen molar-refractivity contribution in [2.45, 2.75) is 19.8 Å². The van der Waals surface area contributed by atoms with Gasteiger partial charge in [-0.05, 0) is 24.3 Å². The Morgan fingerprint density at radius 1 is 1.47 bits per heavy atom. The lowest BCUT2D eigenvalue weighted by atomic mass is 10.4. The predicted octanol–water partition coefficient (Wildman–Crippen LogP) is 2.92. The smallest absolute Gasteiger partial charge is 0.345 e. The van der Waals surface area contributed by atoms with Crippen LogP contribution in [0.25, 0.3) is 0 Å². The van der Waals surface area contributed by atoms with Gasteiger partial charge in [0.25, 0.3) is 0 Å². The molecule has 1 aromatic rings. The Morgan fingerprint density at radius 3 is 2.82 bits per heavy atom. The fraction of sp³-hybridized carbons (Fsp3) is 0.455. The molecule has 0 atom stereocenters. The lowest BCUT2D eigenvalue weighted by Crippen LogP contribution is -2.13. The summed E-state index contributed by atoms with van der Waals surface area (Å²) in [6.45, 7) is 2.11. The number of anilines is 1. The van der Waals surface area contributed by atoms with Crippen molar-refractivity contribution in [3.8, 4) is 0 Å². The van der Waals surface area contributed by atoms with Crippen molar-refractivity contribution in [1.82, 2.24) is 0 Å². The lowest BCUT2D eigenvalue weighted by Gasteiger charge is -2.01. The second-order valence-corrected chi connectivity index (χ2v) is 5.61. The van der Waals surface area contributed by atoms with Crippen LogP contribution < -0.4 is 5.32 Å². The predicted molar refractivity (Wildman–Crippen MR) is 72.1 cm³/mol. The fourth-order valence-corrected chi connectivity index (χ4v) is 2.76. The highest BCUT2D eigenvalue weighted by Crippen LogP contribution is 2.21. The summed E-state index contributed by atoms with van der Waals surface area (Å²) < 4.78 is 0. The topological polar surface area (TPSA) is 66.4 Å². The molecule has 2 N–H and O–H groups in total. The Morgan fingerprint density at radius 2 is 2.24 bits per heavy atom. The zero-order valence-electron chi connectivity index (χ0n) is 9.56. The van der Waals surface area contributed by atoms with Gasteiger partial charge in [0.15, 0.2) is 0 Å². The fourth-order valence-electron chi connectivity index (χ4n) is 1.10. The summed E-state index contributed by atoms with van der Waals surface area (Å²) in [5.41, 5.74) is 0. The number of rotatable bonds is 7. The Hall–Kier alpha value is -1.01. The SMILES string of the molecule is CCCCSCC(=O)Nc1ccc(C(=O)O)s1. The Balaban J connectivity index is 2.32. The number of unbranched alkanes of at least 4 members (excludes halogenated alkanes) is 1. The number of hydrogen-bond acceptors (Lipinski definition) is 4. The van der Waals surface area contributed by atoms with Crippen LogP contribution in [-0.4, -0.2) is 28.5 Å². The molecule has 0 fully saturated rings. The third kappa shape index (κ3) is 5.23. The molecule has 0 saturated heterocycles. The first-order chi connectivity index (χ1) is 8.13. The average Bonchev–Trinajstić information content (AvgIpc) is 2.73. The molecule has 0 aliphatic carbocycles. The summed E-state index contributed by atoms with van der Waals surface area (Å²) in [7, 11) is 0. The van der Waals surface area contributed by atoms with Crippen LogP contribution in [0.2, 0.25) is 0 Å². The maximum Gasteiger partial charge on any atom is 0.345 e. The highest BCUT2D eigenvalue weighted by molar-refractivity contribution is 7.99. The molecule has 0 aliphatic heterocycles. The molecule has 17 heavy (non-hydrogen) atoms. The van der Waals surface area contributed by atoms with Crippen molar-refractivity contribution in [3.63, 3.8) is 0 Å². The van der Waals surface area contributed by atoms with Gasteiger partial charge in [-0.3, -0.25) is 4.79 Å². The number of carbonyl (C=O) groups excluding carboxylic acids is 1. The Bertz CT molecular complexity index is 390. The number of carboxylic acid groups (broad SMARTS) is 1. The molecule has 0 unspecified atom stereocenters. The Labute approximate surface area is 108 Å². The van der Waals surface area contributed by atoms with Gasteiger partial charge in [-0.25, -0.2) is 4.79 Å². The zero-order valence-corrected chi connectivity index (χ0v) is 11.2. The summed E-state index contributed by atoms with van der Waals surface area (Å²) >= 11 is 2.67. The molecule has 0 radical (unpaired) electrons. The van der Waals surface area contributed by atoms with Crippen molar-refractivity contribution in [2.24, 2.45) is 0 Å². The molecule has 0 spiro atoms. The maximum atomic E-state index is 11.5. The molecule has 1 amide bonds. The molecular weight excluding hydrogens is 258 g/mol. The second-order valence-electron chi connectivity index (χ2n) is 3.42. The Kier molecular flexibility index (Phi) is 6.07. The number of nitrogens with one attached hydrogen (secondary N) is 1. The monoisotopic (exact) mass is 273 g/mol. The van der Waals surface area contributed by atoms with Crippen LogP contribution in [0.4, 0.5) is 5.00 Å². The van der Waals surface area contributed by atoms with E-state index in [1.165, 1.54) is 6.07 Å². The van der Waals surface area contributed by atoms with Crippen LogP contribution in [0.5, 0.6) is 0 Å².